The molecule has 0 radical (unpaired) electrons. The van der Waals surface area contributed by atoms with Crippen molar-refractivity contribution in [3.05, 3.63) is 34.6 Å². The molecule has 60 valence electrons. The molecule has 2 N–H and O–H groups in total. The Bertz CT molecular complexity index is 269. The van der Waals surface area contributed by atoms with Gasteiger partial charge in [-0.2, -0.15) is 0 Å². The molecule has 1 nitrogen and oxygen atoms in total. The molecular weight excluding hydrogens is 141 g/mol. The van der Waals surface area contributed by atoms with Crippen LogP contribution in [0.25, 0.3) is 0 Å². The van der Waals surface area contributed by atoms with E-state index in [1.54, 1.807) is 13.0 Å². The van der Waals surface area contributed by atoms with Gasteiger partial charge >= 0.3 is 0 Å². The number of hydrogen-bond donors (Lipinski definition) is 1. The molecule has 0 heterocycles. The zero-order chi connectivity index (χ0) is 8.43. The number of rotatable bonds is 1. The Kier molecular flexibility index (Phi) is 2.25. The average Bonchev–Trinajstić information content (AvgIpc) is 1.96. The lowest BCUT2D eigenvalue weighted by Crippen LogP contribution is -2.01. The highest BCUT2D eigenvalue weighted by Gasteiger charge is 2.03. The summed E-state index contributed by atoms with van der Waals surface area (Å²) in [6.07, 6.45) is 0. The maximum Gasteiger partial charge on any atom is 0.130 e. The number of halogens is 1. The molecule has 0 saturated heterocycles. The van der Waals surface area contributed by atoms with Gasteiger partial charge in [0.2, 0.25) is 0 Å². The minimum Gasteiger partial charge on any atom is -0.326 e. The van der Waals surface area contributed by atoms with Gasteiger partial charge in [-0.3, -0.25) is 0 Å². The summed E-state index contributed by atoms with van der Waals surface area (Å²) in [5.74, 6) is -0.168. The van der Waals surface area contributed by atoms with Crippen molar-refractivity contribution in [1.82, 2.24) is 0 Å². The molecule has 0 saturated carbocycles. The van der Waals surface area contributed by atoms with Gasteiger partial charge in [0, 0.05) is 12.1 Å². The Morgan fingerprint density at radius 1 is 1.36 bits per heavy atom. The summed E-state index contributed by atoms with van der Waals surface area (Å²) >= 11 is 0. The zero-order valence-corrected chi connectivity index (χ0v) is 6.82. The van der Waals surface area contributed by atoms with Gasteiger partial charge in [-0.05, 0) is 19.4 Å². The molecule has 0 aliphatic rings. The number of nitrogens with two attached hydrogens (primary N) is 1. The molecule has 0 amide bonds. The topological polar surface area (TPSA) is 26.0 Å². The molecule has 0 unspecified atom stereocenters. The van der Waals surface area contributed by atoms with Crippen molar-refractivity contribution in [2.24, 2.45) is 5.73 Å². The van der Waals surface area contributed by atoms with Gasteiger partial charge < -0.3 is 5.73 Å². The van der Waals surface area contributed by atoms with E-state index < -0.39 is 0 Å². The highest BCUT2D eigenvalue weighted by atomic mass is 19.1. The van der Waals surface area contributed by atoms with Crippen LogP contribution in [0.15, 0.2) is 12.1 Å². The molecule has 0 bridgehead atoms. The van der Waals surface area contributed by atoms with Gasteiger partial charge in [0.1, 0.15) is 5.82 Å². The SMILES string of the molecule is Cc1cc(C)c(F)c(CN)c1. The van der Waals surface area contributed by atoms with Gasteiger partial charge in [-0.1, -0.05) is 17.7 Å². The van der Waals surface area contributed by atoms with Crippen molar-refractivity contribution in [2.45, 2.75) is 20.4 Å². The van der Waals surface area contributed by atoms with Crippen molar-refractivity contribution in [3.8, 4) is 0 Å². The molecule has 1 aromatic carbocycles. The van der Waals surface area contributed by atoms with Crippen LogP contribution >= 0.6 is 0 Å². The number of benzene rings is 1. The summed E-state index contributed by atoms with van der Waals surface area (Å²) in [5.41, 5.74) is 7.68. The van der Waals surface area contributed by atoms with E-state index in [9.17, 15) is 4.39 Å². The smallest absolute Gasteiger partial charge is 0.130 e. The lowest BCUT2D eigenvalue weighted by Gasteiger charge is -2.04. The van der Waals surface area contributed by atoms with E-state index in [0.29, 0.717) is 11.1 Å². The average molecular weight is 153 g/mol. The Hall–Kier alpha value is -0.890. The van der Waals surface area contributed by atoms with Crippen LogP contribution in [0, 0.1) is 19.7 Å². The van der Waals surface area contributed by atoms with Crippen molar-refractivity contribution in [3.63, 3.8) is 0 Å². The second-order valence-corrected chi connectivity index (χ2v) is 2.76. The third kappa shape index (κ3) is 1.57. The fraction of sp³-hybridized carbons (Fsp3) is 0.333. The van der Waals surface area contributed by atoms with Crippen LogP contribution in [0.4, 0.5) is 4.39 Å². The van der Waals surface area contributed by atoms with Crippen molar-refractivity contribution >= 4 is 0 Å². The van der Waals surface area contributed by atoms with Gasteiger partial charge in [-0.15, -0.1) is 0 Å². The van der Waals surface area contributed by atoms with Gasteiger partial charge in [0.15, 0.2) is 0 Å². The largest absolute Gasteiger partial charge is 0.326 e. The summed E-state index contributed by atoms with van der Waals surface area (Å²) in [6.45, 7) is 3.96. The summed E-state index contributed by atoms with van der Waals surface area (Å²) in [4.78, 5) is 0. The summed E-state index contributed by atoms with van der Waals surface area (Å²) in [5, 5.41) is 0. The molecule has 1 rings (SSSR count). The predicted molar refractivity (Wildman–Crippen MR) is 43.8 cm³/mol. The summed E-state index contributed by atoms with van der Waals surface area (Å²) < 4.78 is 13.1. The molecule has 0 atom stereocenters. The first-order valence-electron chi connectivity index (χ1n) is 3.61. The van der Waals surface area contributed by atoms with Crippen molar-refractivity contribution in [2.75, 3.05) is 0 Å². The zero-order valence-electron chi connectivity index (χ0n) is 6.82. The van der Waals surface area contributed by atoms with E-state index in [1.165, 1.54) is 0 Å². The molecule has 1 aromatic rings. The van der Waals surface area contributed by atoms with E-state index in [2.05, 4.69) is 0 Å². The standard InChI is InChI=1S/C9H12FN/c1-6-3-7(2)9(10)8(4-6)5-11/h3-4H,5,11H2,1-2H3. The highest BCUT2D eigenvalue weighted by Crippen LogP contribution is 2.13. The fourth-order valence-corrected chi connectivity index (χ4v) is 1.19. The van der Waals surface area contributed by atoms with Crippen molar-refractivity contribution < 1.29 is 4.39 Å². The van der Waals surface area contributed by atoms with Gasteiger partial charge in [-0.25, -0.2) is 4.39 Å². The fourth-order valence-electron chi connectivity index (χ4n) is 1.19. The minimum absolute atomic E-state index is 0.168. The number of aryl methyl sites for hydroxylation is 2. The number of hydrogen-bond acceptors (Lipinski definition) is 1. The van der Waals surface area contributed by atoms with E-state index in [-0.39, 0.29) is 12.4 Å². The molecule has 0 aliphatic heterocycles. The third-order valence-electron chi connectivity index (χ3n) is 1.69. The monoisotopic (exact) mass is 153 g/mol. The highest BCUT2D eigenvalue weighted by molar-refractivity contribution is 5.30. The lowest BCUT2D eigenvalue weighted by molar-refractivity contribution is 0.601. The van der Waals surface area contributed by atoms with E-state index in [4.69, 9.17) is 5.73 Å². The maximum atomic E-state index is 13.1. The summed E-state index contributed by atoms with van der Waals surface area (Å²) in [7, 11) is 0. The molecule has 0 aromatic heterocycles. The quantitative estimate of drug-likeness (QED) is 0.655. The predicted octanol–water partition coefficient (Wildman–Crippen LogP) is 1.90. The van der Waals surface area contributed by atoms with Crippen LogP contribution in [0.1, 0.15) is 16.7 Å². The second kappa shape index (κ2) is 3.01. The Morgan fingerprint density at radius 3 is 2.55 bits per heavy atom. The minimum atomic E-state index is -0.168. The molecular formula is C9H12FN. The van der Waals surface area contributed by atoms with Crippen LogP contribution in [0.5, 0.6) is 0 Å². The lowest BCUT2D eigenvalue weighted by atomic mass is 10.1. The normalized spacial score (nSPS) is 10.2. The Balaban J connectivity index is 3.24. The van der Waals surface area contributed by atoms with E-state index >= 15 is 0 Å². The third-order valence-corrected chi connectivity index (χ3v) is 1.69. The Morgan fingerprint density at radius 2 is 2.00 bits per heavy atom. The molecule has 2 heteroatoms. The van der Waals surface area contributed by atoms with Gasteiger partial charge in [0.05, 0.1) is 0 Å². The molecule has 0 fully saturated rings. The first-order chi connectivity index (χ1) is 5.15. The molecule has 0 aliphatic carbocycles. The summed E-state index contributed by atoms with van der Waals surface area (Å²) in [6, 6.07) is 3.59. The van der Waals surface area contributed by atoms with E-state index in [0.717, 1.165) is 5.56 Å². The first kappa shape index (κ1) is 8.21. The Labute approximate surface area is 66.0 Å². The van der Waals surface area contributed by atoms with E-state index in [1.807, 2.05) is 13.0 Å². The molecule has 11 heavy (non-hydrogen) atoms. The van der Waals surface area contributed by atoms with Crippen LogP contribution in [-0.4, -0.2) is 0 Å². The van der Waals surface area contributed by atoms with Crippen LogP contribution in [-0.2, 0) is 6.54 Å². The second-order valence-electron chi connectivity index (χ2n) is 2.76. The van der Waals surface area contributed by atoms with Crippen LogP contribution in [0.3, 0.4) is 0 Å². The van der Waals surface area contributed by atoms with Crippen LogP contribution in [0.2, 0.25) is 0 Å². The first-order valence-corrected chi connectivity index (χ1v) is 3.61. The molecule has 0 spiro atoms. The van der Waals surface area contributed by atoms with Gasteiger partial charge in [0.25, 0.3) is 0 Å². The van der Waals surface area contributed by atoms with Crippen molar-refractivity contribution in [1.29, 1.82) is 0 Å². The van der Waals surface area contributed by atoms with Crippen LogP contribution < -0.4 is 5.73 Å². The maximum absolute atomic E-state index is 13.1.